The van der Waals surface area contributed by atoms with Crippen LogP contribution in [0.25, 0.3) is 0 Å². The number of aromatic nitrogens is 1. The molecule has 2 aromatic rings. The van der Waals surface area contributed by atoms with Gasteiger partial charge in [0.05, 0.1) is 0 Å². The predicted molar refractivity (Wildman–Crippen MR) is 119 cm³/mol. The number of amides is 3. The molecule has 0 spiro atoms. The van der Waals surface area contributed by atoms with Gasteiger partial charge in [0, 0.05) is 63.2 Å². The van der Waals surface area contributed by atoms with E-state index >= 15 is 0 Å². The second-order valence-corrected chi connectivity index (χ2v) is 8.75. The number of hydrogen-bond donors (Lipinski definition) is 1. The molecule has 1 saturated carbocycles. The van der Waals surface area contributed by atoms with Gasteiger partial charge in [-0.15, -0.1) is 11.3 Å². The molecule has 164 valence electrons. The zero-order valence-corrected chi connectivity index (χ0v) is 18.4. The largest absolute Gasteiger partial charge is 0.339 e. The molecule has 1 aromatic heterocycles. The second-order valence-electron chi connectivity index (χ2n) is 7.90. The van der Waals surface area contributed by atoms with Gasteiger partial charge >= 0.3 is 0 Å². The number of thiazole rings is 1. The van der Waals surface area contributed by atoms with E-state index in [2.05, 4.69) is 10.3 Å². The minimum atomic E-state index is -0.117. The Morgan fingerprint density at radius 2 is 1.77 bits per heavy atom. The number of hydrogen-bond acceptors (Lipinski definition) is 6. The van der Waals surface area contributed by atoms with Crippen LogP contribution in [0.3, 0.4) is 0 Å². The van der Waals surface area contributed by atoms with Crippen LogP contribution >= 0.6 is 11.3 Å². The molecule has 4 rings (SSSR count). The van der Waals surface area contributed by atoms with Crippen LogP contribution in [0.15, 0.2) is 35.7 Å². The number of benzene rings is 1. The average Bonchev–Trinajstić information content (AvgIpc) is 3.52. The minimum Gasteiger partial charge on any atom is -0.339 e. The second kappa shape index (κ2) is 9.47. The highest BCUT2D eigenvalue weighted by Crippen LogP contribution is 2.29. The van der Waals surface area contributed by atoms with Crippen LogP contribution in [-0.2, 0) is 9.59 Å². The summed E-state index contributed by atoms with van der Waals surface area (Å²) in [6, 6.07) is 9.91. The Labute approximate surface area is 185 Å². The van der Waals surface area contributed by atoms with Crippen molar-refractivity contribution in [1.29, 1.82) is 0 Å². The zero-order chi connectivity index (χ0) is 21.8. The molecule has 0 bridgehead atoms. The lowest BCUT2D eigenvalue weighted by Gasteiger charge is -2.34. The average molecular weight is 442 g/mol. The highest BCUT2D eigenvalue weighted by Gasteiger charge is 2.34. The van der Waals surface area contributed by atoms with Crippen molar-refractivity contribution in [2.75, 3.05) is 38.0 Å². The summed E-state index contributed by atoms with van der Waals surface area (Å²) < 4.78 is 0. The van der Waals surface area contributed by atoms with Crippen molar-refractivity contribution in [3.05, 3.63) is 41.4 Å². The quantitative estimate of drug-likeness (QED) is 0.714. The van der Waals surface area contributed by atoms with Crippen molar-refractivity contribution >= 4 is 39.9 Å². The van der Waals surface area contributed by atoms with Gasteiger partial charge in [-0.05, 0) is 25.0 Å². The maximum Gasteiger partial charge on any atom is 0.273 e. The molecule has 1 aliphatic heterocycles. The molecule has 1 aromatic carbocycles. The molecule has 0 radical (unpaired) electrons. The van der Waals surface area contributed by atoms with E-state index in [4.69, 9.17) is 0 Å². The Hall–Kier alpha value is -2.94. The number of nitrogens with zero attached hydrogens (tertiary/aromatic N) is 4. The summed E-state index contributed by atoms with van der Waals surface area (Å²) in [6.07, 6.45) is 2.23. The molecule has 31 heavy (non-hydrogen) atoms. The third-order valence-electron chi connectivity index (χ3n) is 5.64. The van der Waals surface area contributed by atoms with Gasteiger partial charge in [0.2, 0.25) is 11.8 Å². The van der Waals surface area contributed by atoms with Crippen LogP contribution in [0.5, 0.6) is 0 Å². The standard InChI is InChI=1S/C22H27N5O3S/c1-16(28)25-11-13-26(14-12-25)20(29)9-10-27(18-7-8-18)21(30)19-15-31-22(24-19)23-17-5-3-2-4-6-17/h2-6,15,18H,7-14H2,1H3,(H,23,24). The molecule has 3 amide bonds. The molecule has 0 atom stereocenters. The van der Waals surface area contributed by atoms with Crippen LogP contribution in [0.4, 0.5) is 10.8 Å². The number of rotatable bonds is 7. The fourth-order valence-corrected chi connectivity index (χ4v) is 4.41. The zero-order valence-electron chi connectivity index (χ0n) is 17.6. The summed E-state index contributed by atoms with van der Waals surface area (Å²) in [5, 5.41) is 5.66. The molecule has 0 unspecified atom stereocenters. The molecular weight excluding hydrogens is 414 g/mol. The lowest BCUT2D eigenvalue weighted by molar-refractivity contribution is -0.138. The van der Waals surface area contributed by atoms with Crippen LogP contribution in [0, 0.1) is 0 Å². The van der Waals surface area contributed by atoms with Crippen molar-refractivity contribution in [2.45, 2.75) is 32.2 Å². The number of anilines is 2. The first kappa shape index (κ1) is 21.3. The lowest BCUT2D eigenvalue weighted by atomic mass is 10.2. The fourth-order valence-electron chi connectivity index (χ4n) is 3.70. The minimum absolute atomic E-state index is 0.0337. The van der Waals surface area contributed by atoms with E-state index in [0.717, 1.165) is 18.5 Å². The molecule has 8 nitrogen and oxygen atoms in total. The van der Waals surface area contributed by atoms with E-state index in [0.29, 0.717) is 50.0 Å². The van der Waals surface area contributed by atoms with E-state index in [1.807, 2.05) is 30.3 Å². The molecule has 2 fully saturated rings. The van der Waals surface area contributed by atoms with E-state index in [1.54, 1.807) is 27.0 Å². The van der Waals surface area contributed by atoms with Gasteiger partial charge in [-0.2, -0.15) is 0 Å². The summed E-state index contributed by atoms with van der Waals surface area (Å²) in [6.45, 7) is 4.20. The van der Waals surface area contributed by atoms with Crippen molar-refractivity contribution in [1.82, 2.24) is 19.7 Å². The predicted octanol–water partition coefficient (Wildman–Crippen LogP) is 2.57. The third kappa shape index (κ3) is 5.41. The molecular formula is C22H27N5O3S. The van der Waals surface area contributed by atoms with Gasteiger partial charge in [0.1, 0.15) is 5.69 Å². The molecule has 2 heterocycles. The number of carbonyl (C=O) groups excluding carboxylic acids is 3. The van der Waals surface area contributed by atoms with E-state index in [1.165, 1.54) is 11.3 Å². The van der Waals surface area contributed by atoms with Crippen LogP contribution < -0.4 is 5.32 Å². The van der Waals surface area contributed by atoms with Gasteiger partial charge in [0.15, 0.2) is 5.13 Å². The Bertz CT molecular complexity index is 936. The van der Waals surface area contributed by atoms with Crippen LogP contribution in [0.2, 0.25) is 0 Å². The summed E-state index contributed by atoms with van der Waals surface area (Å²) in [4.78, 5) is 47.0. The van der Waals surface area contributed by atoms with Crippen molar-refractivity contribution in [3.8, 4) is 0 Å². The van der Waals surface area contributed by atoms with E-state index < -0.39 is 0 Å². The number of piperazine rings is 1. The maximum atomic E-state index is 13.1. The first-order chi connectivity index (χ1) is 15.0. The van der Waals surface area contributed by atoms with Crippen molar-refractivity contribution < 1.29 is 14.4 Å². The highest BCUT2D eigenvalue weighted by molar-refractivity contribution is 7.14. The Balaban J connectivity index is 1.32. The van der Waals surface area contributed by atoms with E-state index in [-0.39, 0.29) is 23.8 Å². The van der Waals surface area contributed by atoms with Gasteiger partial charge in [0.25, 0.3) is 5.91 Å². The summed E-state index contributed by atoms with van der Waals surface area (Å²) >= 11 is 1.39. The Morgan fingerprint density at radius 3 is 2.42 bits per heavy atom. The smallest absolute Gasteiger partial charge is 0.273 e. The SMILES string of the molecule is CC(=O)N1CCN(C(=O)CCN(C(=O)c2csc(Nc3ccccc3)n2)C2CC2)CC1. The highest BCUT2D eigenvalue weighted by atomic mass is 32.1. The monoisotopic (exact) mass is 441 g/mol. The summed E-state index contributed by atoms with van der Waals surface area (Å²) in [7, 11) is 0. The van der Waals surface area contributed by atoms with Crippen molar-refractivity contribution in [3.63, 3.8) is 0 Å². The molecule has 1 N–H and O–H groups in total. The van der Waals surface area contributed by atoms with Gasteiger partial charge < -0.3 is 20.0 Å². The molecule has 2 aliphatic rings. The summed E-state index contributed by atoms with van der Waals surface area (Å²) in [5.41, 5.74) is 1.34. The van der Waals surface area contributed by atoms with Gasteiger partial charge in [-0.3, -0.25) is 14.4 Å². The lowest BCUT2D eigenvalue weighted by Crippen LogP contribution is -2.50. The molecule has 1 saturated heterocycles. The maximum absolute atomic E-state index is 13.1. The Kier molecular flexibility index (Phi) is 6.50. The Morgan fingerprint density at radius 1 is 1.10 bits per heavy atom. The van der Waals surface area contributed by atoms with Gasteiger partial charge in [-0.1, -0.05) is 18.2 Å². The van der Waals surface area contributed by atoms with Crippen LogP contribution in [0.1, 0.15) is 36.7 Å². The first-order valence-corrected chi connectivity index (χ1v) is 11.5. The van der Waals surface area contributed by atoms with Gasteiger partial charge in [-0.25, -0.2) is 4.98 Å². The summed E-state index contributed by atoms with van der Waals surface area (Å²) in [5.74, 6) is -0.0394. The molecule has 9 heteroatoms. The fraction of sp³-hybridized carbons (Fsp3) is 0.455. The number of para-hydroxylation sites is 1. The first-order valence-electron chi connectivity index (χ1n) is 10.6. The number of nitrogens with one attached hydrogen (secondary N) is 1. The van der Waals surface area contributed by atoms with Crippen molar-refractivity contribution in [2.24, 2.45) is 0 Å². The normalized spacial score (nSPS) is 16.2. The molecule has 1 aliphatic carbocycles. The number of carbonyl (C=O) groups is 3. The topological polar surface area (TPSA) is 85.9 Å². The van der Waals surface area contributed by atoms with Crippen LogP contribution in [-0.4, -0.2) is 76.2 Å². The van der Waals surface area contributed by atoms with E-state index in [9.17, 15) is 14.4 Å². The third-order valence-corrected chi connectivity index (χ3v) is 6.40.